The predicted molar refractivity (Wildman–Crippen MR) is 132 cm³/mol. The minimum Gasteiger partial charge on any atom is -0.674 e. The van der Waals surface area contributed by atoms with Gasteiger partial charge in [0.15, 0.2) is 0 Å². The van der Waals surface area contributed by atoms with E-state index in [1.165, 1.54) is 0 Å². The minimum absolute atomic E-state index is 0. The van der Waals surface area contributed by atoms with Gasteiger partial charge < -0.3 is 30.1 Å². The Labute approximate surface area is 233 Å². The molecule has 0 saturated carbocycles. The van der Waals surface area contributed by atoms with Crippen LogP contribution in [0.2, 0.25) is 0 Å². The van der Waals surface area contributed by atoms with Gasteiger partial charge in [0.1, 0.15) is 17.4 Å². The van der Waals surface area contributed by atoms with Gasteiger partial charge >= 0.3 is 0 Å². The second-order valence-electron chi connectivity index (χ2n) is 8.61. The van der Waals surface area contributed by atoms with Crippen LogP contribution in [0.1, 0.15) is 68.5 Å². The number of nitrogens with zero attached hydrogens (tertiary/aromatic N) is 2. The van der Waals surface area contributed by atoms with Crippen LogP contribution in [0.15, 0.2) is 28.8 Å². The van der Waals surface area contributed by atoms with E-state index < -0.39 is 6.10 Å². The zero-order valence-corrected chi connectivity index (χ0v) is 25.7. The standard InChI is InChI=1S/C15H24N2O3.C10H10NO.CH4O.U/c1-9(2)12-7-13(20-16-12)14(10(3)4)15(19)17-6-5-11(18)8-17;1-3-8-4-5-9(7-11)10(6-8)12-2;1-2;/h7,9-11,14,18H,5-6,8H2,1-4H3;1,4-6,11H,7H2,2H3;2H,1H3;/q;-1;;. The van der Waals surface area contributed by atoms with Crippen molar-refractivity contribution in [3.05, 3.63) is 52.6 Å². The fraction of sp³-hybridized carbons (Fsp3) is 0.538. The number of aliphatic hydroxyl groups is 2. The summed E-state index contributed by atoms with van der Waals surface area (Å²) in [6.45, 7) is 9.37. The first kappa shape index (κ1) is 33.2. The molecule has 1 saturated heterocycles. The molecule has 1 aromatic heterocycles. The number of likely N-dealkylation sites (tertiary alicyclic amines) is 1. The van der Waals surface area contributed by atoms with Crippen LogP contribution in [0.3, 0.4) is 0 Å². The third-order valence-electron chi connectivity index (χ3n) is 5.50. The fourth-order valence-corrected chi connectivity index (χ4v) is 3.58. The molecule has 1 fully saturated rings. The summed E-state index contributed by atoms with van der Waals surface area (Å²) in [4.78, 5) is 14.4. The molecule has 3 N–H and O–H groups in total. The van der Waals surface area contributed by atoms with E-state index in [9.17, 15) is 9.90 Å². The summed E-state index contributed by atoms with van der Waals surface area (Å²) in [7, 11) is 2.58. The maximum absolute atomic E-state index is 12.6. The van der Waals surface area contributed by atoms with Gasteiger partial charge in [0.25, 0.3) is 0 Å². The molecule has 0 bridgehead atoms. The summed E-state index contributed by atoms with van der Waals surface area (Å²) in [5.74, 6) is 3.97. The van der Waals surface area contributed by atoms with E-state index in [0.717, 1.165) is 23.9 Å². The van der Waals surface area contributed by atoms with Crippen molar-refractivity contribution in [2.24, 2.45) is 5.92 Å². The van der Waals surface area contributed by atoms with Crippen LogP contribution in [-0.4, -0.2) is 59.6 Å². The van der Waals surface area contributed by atoms with Crippen molar-refractivity contribution in [1.82, 2.24) is 10.1 Å². The number of methoxy groups -OCH3 is 1. The molecule has 8 nitrogen and oxygen atoms in total. The molecule has 2 unspecified atom stereocenters. The third-order valence-corrected chi connectivity index (χ3v) is 5.50. The molecule has 3 rings (SSSR count). The van der Waals surface area contributed by atoms with E-state index in [-0.39, 0.29) is 61.3 Å². The van der Waals surface area contributed by atoms with Crippen LogP contribution < -0.4 is 4.74 Å². The summed E-state index contributed by atoms with van der Waals surface area (Å²) in [6, 6.07) is 7.29. The molecule has 2 heterocycles. The first-order valence-electron chi connectivity index (χ1n) is 11.4. The van der Waals surface area contributed by atoms with Crippen molar-refractivity contribution in [2.75, 3.05) is 27.3 Å². The normalized spacial score (nSPS) is 15.3. The summed E-state index contributed by atoms with van der Waals surface area (Å²) in [5, 5.41) is 20.6. The molecule has 0 aliphatic carbocycles. The maximum atomic E-state index is 12.6. The first-order valence-corrected chi connectivity index (χ1v) is 11.4. The molecule has 0 spiro atoms. The van der Waals surface area contributed by atoms with Crippen LogP contribution in [-0.2, 0) is 11.3 Å². The number of aliphatic hydroxyl groups excluding tert-OH is 2. The molecule has 1 aromatic carbocycles. The molecule has 1 aliphatic rings. The Bertz CT molecular complexity index is 939. The number of benzene rings is 1. The quantitative estimate of drug-likeness (QED) is 0.439. The number of carbonyl (C=O) groups excluding carboxylic acids is 1. The van der Waals surface area contributed by atoms with Crippen LogP contribution in [0.25, 0.3) is 5.73 Å². The Morgan fingerprint density at radius 2 is 1.97 bits per heavy atom. The van der Waals surface area contributed by atoms with Gasteiger partial charge in [0.05, 0.1) is 18.9 Å². The molecule has 9 heteroatoms. The number of rotatable bonds is 6. The predicted octanol–water partition coefficient (Wildman–Crippen LogP) is 3.97. The van der Waals surface area contributed by atoms with Crippen molar-refractivity contribution >= 4 is 5.91 Å². The number of hydrogen-bond acceptors (Lipinski definition) is 6. The molecular formula is C26H38N3O5U-. The zero-order chi connectivity index (χ0) is 25.8. The SMILES string of the molecule is C#Cc1ccc(C[NH-])c(OC)c1.CC(C)c1cc(C(C(=O)N2CCC(O)C2)C(C)C)on1.CO.[U]. The van der Waals surface area contributed by atoms with Crippen LogP contribution in [0.4, 0.5) is 0 Å². The van der Waals surface area contributed by atoms with Gasteiger partial charge in [-0.2, -0.15) is 0 Å². The van der Waals surface area contributed by atoms with Gasteiger partial charge in [0, 0.05) is 62.9 Å². The Morgan fingerprint density at radius 1 is 1.31 bits per heavy atom. The van der Waals surface area contributed by atoms with E-state index in [4.69, 9.17) is 26.5 Å². The largest absolute Gasteiger partial charge is 0.674 e. The van der Waals surface area contributed by atoms with Gasteiger partial charge in [-0.25, -0.2) is 0 Å². The number of nitrogens with one attached hydrogen (secondary N) is 1. The van der Waals surface area contributed by atoms with E-state index in [1.54, 1.807) is 18.1 Å². The summed E-state index contributed by atoms with van der Waals surface area (Å²) in [6.07, 6.45) is 5.47. The van der Waals surface area contributed by atoms with Crippen LogP contribution in [0.5, 0.6) is 5.75 Å². The van der Waals surface area contributed by atoms with E-state index in [0.29, 0.717) is 31.0 Å². The van der Waals surface area contributed by atoms with Gasteiger partial charge in [-0.05, 0) is 36.0 Å². The van der Waals surface area contributed by atoms with Gasteiger partial charge in [0.2, 0.25) is 5.91 Å². The Balaban J connectivity index is 0.000000664. The first-order chi connectivity index (χ1) is 16.2. The van der Waals surface area contributed by atoms with E-state index >= 15 is 0 Å². The molecule has 2 aromatic rings. The molecule has 192 valence electrons. The Morgan fingerprint density at radius 3 is 2.40 bits per heavy atom. The van der Waals surface area contributed by atoms with Crippen molar-refractivity contribution in [3.63, 3.8) is 0 Å². The third kappa shape index (κ3) is 9.63. The number of terminal acetylenes is 1. The minimum atomic E-state index is -0.396. The molecule has 1 amide bonds. The van der Waals surface area contributed by atoms with E-state index in [2.05, 4.69) is 11.1 Å². The molecule has 35 heavy (non-hydrogen) atoms. The van der Waals surface area contributed by atoms with Crippen LogP contribution in [0, 0.1) is 49.4 Å². The molecule has 0 radical (unpaired) electrons. The van der Waals surface area contributed by atoms with E-state index in [1.807, 2.05) is 45.9 Å². The van der Waals surface area contributed by atoms with Crippen LogP contribution >= 0.6 is 0 Å². The Hall–Kier alpha value is -1.81. The zero-order valence-electron chi connectivity index (χ0n) is 21.5. The summed E-state index contributed by atoms with van der Waals surface area (Å²) < 4.78 is 10.5. The number of amides is 1. The van der Waals surface area contributed by atoms with Crippen molar-refractivity contribution < 1.29 is 55.4 Å². The topological polar surface area (TPSA) is 120 Å². The van der Waals surface area contributed by atoms with Crippen molar-refractivity contribution in [2.45, 2.75) is 58.6 Å². The van der Waals surface area contributed by atoms with Crippen molar-refractivity contribution in [3.8, 4) is 18.1 Å². The molecule has 2 atom stereocenters. The molecular weight excluding hydrogens is 672 g/mol. The second kappa shape index (κ2) is 16.8. The molecule has 1 aliphatic heterocycles. The number of carbonyl (C=O) groups is 1. The number of hydrogen-bond donors (Lipinski definition) is 2. The average Bonchev–Trinajstić information content (AvgIpc) is 3.50. The van der Waals surface area contributed by atoms with Crippen molar-refractivity contribution in [1.29, 1.82) is 0 Å². The Kier molecular flexibility index (Phi) is 15.9. The summed E-state index contributed by atoms with van der Waals surface area (Å²) >= 11 is 0. The monoisotopic (exact) mass is 710 g/mol. The average molecular weight is 711 g/mol. The van der Waals surface area contributed by atoms with Gasteiger partial charge in [-0.15, -0.1) is 13.0 Å². The second-order valence-corrected chi connectivity index (χ2v) is 8.61. The number of ether oxygens (including phenoxy) is 1. The number of aromatic nitrogens is 1. The number of β-amino-alcohol motifs (C(OH)–C–C–N with tert-alkyl or cyclic N) is 1. The van der Waals surface area contributed by atoms with Gasteiger partial charge in [-0.1, -0.05) is 44.8 Å². The maximum Gasteiger partial charge on any atom is 0.233 e. The van der Waals surface area contributed by atoms with Gasteiger partial charge in [-0.3, -0.25) is 4.79 Å². The summed E-state index contributed by atoms with van der Waals surface area (Å²) in [5.41, 5.74) is 9.70. The smallest absolute Gasteiger partial charge is 0.233 e. The fourth-order valence-electron chi connectivity index (χ4n) is 3.58.